The van der Waals surface area contributed by atoms with E-state index >= 15 is 0 Å². The molecule has 0 aliphatic heterocycles. The second kappa shape index (κ2) is 7.56. The van der Waals surface area contributed by atoms with E-state index in [1.807, 2.05) is 0 Å². The Labute approximate surface area is 140 Å². The highest BCUT2D eigenvalue weighted by molar-refractivity contribution is 7.89. The lowest BCUT2D eigenvalue weighted by Crippen LogP contribution is -2.23. The van der Waals surface area contributed by atoms with Crippen LogP contribution < -0.4 is 5.32 Å². The van der Waals surface area contributed by atoms with Gasteiger partial charge < -0.3 is 15.0 Å². The lowest BCUT2D eigenvalue weighted by Gasteiger charge is -2.15. The van der Waals surface area contributed by atoms with Gasteiger partial charge in [0.2, 0.25) is 15.9 Å². The Morgan fingerprint density at radius 2 is 2.12 bits per heavy atom. The van der Waals surface area contributed by atoms with E-state index in [-0.39, 0.29) is 24.0 Å². The van der Waals surface area contributed by atoms with Gasteiger partial charge in [0.05, 0.1) is 4.90 Å². The average Bonchev–Trinajstić information content (AvgIpc) is 3.02. The number of H-pyrrole nitrogens is 1. The zero-order chi connectivity index (χ0) is 17.7. The van der Waals surface area contributed by atoms with Crippen molar-refractivity contribution in [3.05, 3.63) is 42.0 Å². The fraction of sp³-hybridized carbons (Fsp3) is 0.333. The van der Waals surface area contributed by atoms with Crippen LogP contribution in [0.25, 0.3) is 0 Å². The van der Waals surface area contributed by atoms with E-state index in [1.165, 1.54) is 20.2 Å². The lowest BCUT2D eigenvalue weighted by atomic mass is 10.2. The molecule has 0 radical (unpaired) electrons. The predicted molar refractivity (Wildman–Crippen MR) is 88.9 cm³/mol. The summed E-state index contributed by atoms with van der Waals surface area (Å²) in [7, 11) is -0.652. The molecule has 24 heavy (non-hydrogen) atoms. The van der Waals surface area contributed by atoms with Gasteiger partial charge in [0.25, 0.3) is 0 Å². The summed E-state index contributed by atoms with van der Waals surface area (Å²) in [6, 6.07) is 4.74. The van der Waals surface area contributed by atoms with Crippen molar-refractivity contribution in [2.45, 2.75) is 18.4 Å². The number of hydrogen-bond donors (Lipinski definition) is 2. The minimum absolute atomic E-state index is 0.154. The molecule has 130 valence electrons. The summed E-state index contributed by atoms with van der Waals surface area (Å²) in [5.74, 6) is 0.246. The van der Waals surface area contributed by atoms with Crippen LogP contribution in [0.5, 0.6) is 0 Å². The minimum Gasteiger partial charge on any atom is -0.364 e. The second-order valence-electron chi connectivity index (χ2n) is 5.34. The van der Waals surface area contributed by atoms with Gasteiger partial charge in [-0.25, -0.2) is 17.7 Å². The van der Waals surface area contributed by atoms with Crippen molar-refractivity contribution in [3.8, 4) is 0 Å². The third kappa shape index (κ3) is 4.40. The van der Waals surface area contributed by atoms with Crippen molar-refractivity contribution in [1.82, 2.24) is 14.3 Å². The summed E-state index contributed by atoms with van der Waals surface area (Å²) in [5.41, 5.74) is 1.00. The maximum atomic E-state index is 12.3. The number of anilines is 1. The number of amides is 1. The van der Waals surface area contributed by atoms with Crippen LogP contribution in [-0.4, -0.2) is 49.3 Å². The summed E-state index contributed by atoms with van der Waals surface area (Å²) < 4.78 is 30.9. The monoisotopic (exact) mass is 352 g/mol. The van der Waals surface area contributed by atoms with Crippen molar-refractivity contribution in [2.75, 3.05) is 26.0 Å². The van der Waals surface area contributed by atoms with Gasteiger partial charge in [-0.15, -0.1) is 0 Å². The van der Waals surface area contributed by atoms with Crippen LogP contribution in [0, 0.1) is 6.92 Å². The first-order valence-corrected chi connectivity index (χ1v) is 8.63. The molecule has 0 fully saturated rings. The van der Waals surface area contributed by atoms with E-state index in [4.69, 9.17) is 4.74 Å². The number of ether oxygens (including phenoxy) is 1. The Bertz CT molecular complexity index is 801. The first-order chi connectivity index (χ1) is 11.3. The fourth-order valence-electron chi connectivity index (χ4n) is 1.97. The maximum absolute atomic E-state index is 12.3. The van der Waals surface area contributed by atoms with Crippen molar-refractivity contribution in [1.29, 1.82) is 0 Å². The van der Waals surface area contributed by atoms with Gasteiger partial charge in [-0.1, -0.05) is 6.07 Å². The number of aromatic amines is 1. The second-order valence-corrected chi connectivity index (χ2v) is 7.46. The number of aromatic nitrogens is 2. The number of aryl methyl sites for hydroxylation is 1. The predicted octanol–water partition coefficient (Wildman–Crippen LogP) is 1.12. The molecule has 0 aliphatic carbocycles. The third-order valence-corrected chi connectivity index (χ3v) is 5.21. The highest BCUT2D eigenvalue weighted by Crippen LogP contribution is 2.22. The lowest BCUT2D eigenvalue weighted by molar-refractivity contribution is -0.121. The van der Waals surface area contributed by atoms with Gasteiger partial charge >= 0.3 is 0 Å². The van der Waals surface area contributed by atoms with Crippen LogP contribution in [0.15, 0.2) is 35.5 Å². The number of nitrogens with one attached hydrogen (secondary N) is 2. The standard InChI is InChI=1S/C15H20N4O4S/c1-11-4-5-12(8-13(11)24(21,22)19(2)3)18-15(20)10-23-9-14-16-6-7-17-14/h4-8H,9-10H2,1-3H3,(H,16,17)(H,18,20). The quantitative estimate of drug-likeness (QED) is 0.777. The van der Waals surface area contributed by atoms with E-state index in [0.717, 1.165) is 4.31 Å². The van der Waals surface area contributed by atoms with Crippen LogP contribution in [-0.2, 0) is 26.2 Å². The Balaban J connectivity index is 2.01. The highest BCUT2D eigenvalue weighted by Gasteiger charge is 2.20. The molecule has 8 nitrogen and oxygen atoms in total. The molecular weight excluding hydrogens is 332 g/mol. The molecule has 0 bridgehead atoms. The SMILES string of the molecule is Cc1ccc(NC(=O)COCc2ncc[nH]2)cc1S(=O)(=O)N(C)C. The first-order valence-electron chi connectivity index (χ1n) is 7.19. The summed E-state index contributed by atoms with van der Waals surface area (Å²) in [5, 5.41) is 2.62. The van der Waals surface area contributed by atoms with Crippen LogP contribution in [0.1, 0.15) is 11.4 Å². The van der Waals surface area contributed by atoms with Crippen LogP contribution in [0.3, 0.4) is 0 Å². The number of hydrogen-bond acceptors (Lipinski definition) is 5. The third-order valence-electron chi connectivity index (χ3n) is 3.26. The summed E-state index contributed by atoms with van der Waals surface area (Å²) >= 11 is 0. The van der Waals surface area contributed by atoms with Gasteiger partial charge in [0.1, 0.15) is 19.0 Å². The van der Waals surface area contributed by atoms with Crippen molar-refractivity contribution in [3.63, 3.8) is 0 Å². The first kappa shape index (κ1) is 18.1. The van der Waals surface area contributed by atoms with Crippen molar-refractivity contribution >= 4 is 21.6 Å². The van der Waals surface area contributed by atoms with Crippen LogP contribution in [0.2, 0.25) is 0 Å². The highest BCUT2D eigenvalue weighted by atomic mass is 32.2. The Kier molecular flexibility index (Phi) is 5.71. The van der Waals surface area contributed by atoms with E-state index < -0.39 is 10.0 Å². The Hall–Kier alpha value is -2.23. The van der Waals surface area contributed by atoms with E-state index in [9.17, 15) is 13.2 Å². The maximum Gasteiger partial charge on any atom is 0.250 e. The van der Waals surface area contributed by atoms with Gasteiger partial charge in [-0.3, -0.25) is 4.79 Å². The average molecular weight is 352 g/mol. The number of sulfonamides is 1. The minimum atomic E-state index is -3.57. The van der Waals surface area contributed by atoms with Crippen molar-refractivity contribution in [2.24, 2.45) is 0 Å². The molecule has 1 aromatic heterocycles. The van der Waals surface area contributed by atoms with E-state index in [0.29, 0.717) is 17.1 Å². The van der Waals surface area contributed by atoms with Gasteiger partial charge in [0, 0.05) is 32.2 Å². The molecule has 0 spiro atoms. The zero-order valence-electron chi connectivity index (χ0n) is 13.7. The molecule has 1 heterocycles. The molecule has 0 unspecified atom stereocenters. The molecule has 1 amide bonds. The number of imidazole rings is 1. The van der Waals surface area contributed by atoms with E-state index in [1.54, 1.807) is 31.5 Å². The number of benzene rings is 1. The molecule has 2 aromatic rings. The molecule has 0 atom stereocenters. The molecule has 2 rings (SSSR count). The molecule has 9 heteroatoms. The Morgan fingerprint density at radius 1 is 1.38 bits per heavy atom. The number of nitrogens with zero attached hydrogens (tertiary/aromatic N) is 2. The summed E-state index contributed by atoms with van der Waals surface area (Å²) in [6.07, 6.45) is 3.26. The molecule has 0 saturated heterocycles. The van der Waals surface area contributed by atoms with Crippen molar-refractivity contribution < 1.29 is 17.9 Å². The molecular formula is C15H20N4O4S. The van der Waals surface area contributed by atoms with Gasteiger partial charge in [0.15, 0.2) is 0 Å². The largest absolute Gasteiger partial charge is 0.364 e. The summed E-state index contributed by atoms with van der Waals surface area (Å²) in [6.45, 7) is 1.73. The zero-order valence-corrected chi connectivity index (χ0v) is 14.6. The normalized spacial score (nSPS) is 11.7. The number of carbonyl (C=O) groups is 1. The molecule has 1 aromatic carbocycles. The number of carbonyl (C=O) groups excluding carboxylic acids is 1. The topological polar surface area (TPSA) is 104 Å². The number of rotatable bonds is 7. The molecule has 0 aliphatic rings. The summed E-state index contributed by atoms with van der Waals surface area (Å²) in [4.78, 5) is 18.9. The molecule has 0 saturated carbocycles. The van der Waals surface area contributed by atoms with Crippen LogP contribution >= 0.6 is 0 Å². The van der Waals surface area contributed by atoms with Gasteiger partial charge in [-0.2, -0.15) is 0 Å². The van der Waals surface area contributed by atoms with Gasteiger partial charge in [-0.05, 0) is 24.6 Å². The van der Waals surface area contributed by atoms with E-state index in [2.05, 4.69) is 15.3 Å². The Morgan fingerprint density at radius 3 is 2.75 bits per heavy atom. The van der Waals surface area contributed by atoms with Crippen LogP contribution in [0.4, 0.5) is 5.69 Å². The smallest absolute Gasteiger partial charge is 0.250 e. The molecule has 2 N–H and O–H groups in total. The fourth-order valence-corrected chi connectivity index (χ4v) is 3.11.